The van der Waals surface area contributed by atoms with E-state index in [9.17, 15) is 4.79 Å². The molecule has 2 aromatic rings. The number of rotatable bonds is 5. The molecule has 0 radical (unpaired) electrons. The molecular formula is C16H16Br2N2O. The van der Waals surface area contributed by atoms with Crippen LogP contribution in [0.4, 0.5) is 5.69 Å². The monoisotopic (exact) mass is 410 g/mol. The molecule has 3 nitrogen and oxygen atoms in total. The van der Waals surface area contributed by atoms with E-state index in [2.05, 4.69) is 42.5 Å². The highest BCUT2D eigenvalue weighted by atomic mass is 79.9. The Morgan fingerprint density at radius 2 is 1.76 bits per heavy atom. The van der Waals surface area contributed by atoms with Crippen molar-refractivity contribution in [1.29, 1.82) is 0 Å². The Kier molecular flexibility index (Phi) is 5.96. The molecule has 2 aromatic carbocycles. The Hall–Kier alpha value is -1.17. The molecule has 0 aliphatic rings. The molecular weight excluding hydrogens is 396 g/mol. The summed E-state index contributed by atoms with van der Waals surface area (Å²) in [7, 11) is 0. The number of carbonyl (C=O) groups excluding carboxylic acids is 1. The first-order valence-corrected chi connectivity index (χ1v) is 8.17. The largest absolute Gasteiger partial charge is 0.325 e. The van der Waals surface area contributed by atoms with Crippen LogP contribution in [-0.4, -0.2) is 12.5 Å². The van der Waals surface area contributed by atoms with Crippen LogP contribution >= 0.6 is 31.9 Å². The van der Waals surface area contributed by atoms with Crippen LogP contribution < -0.4 is 10.6 Å². The first-order valence-electron chi connectivity index (χ1n) is 6.59. The van der Waals surface area contributed by atoms with Crippen molar-refractivity contribution in [1.82, 2.24) is 5.32 Å². The third kappa shape index (κ3) is 5.26. The summed E-state index contributed by atoms with van der Waals surface area (Å²) < 4.78 is 1.98. The third-order valence-corrected chi connectivity index (χ3v) is 4.01. The highest BCUT2D eigenvalue weighted by molar-refractivity contribution is 9.10. The maximum absolute atomic E-state index is 11.9. The fraction of sp³-hybridized carbons (Fsp3) is 0.188. The molecule has 0 heterocycles. The van der Waals surface area contributed by atoms with Crippen LogP contribution in [-0.2, 0) is 4.79 Å². The van der Waals surface area contributed by atoms with Crippen molar-refractivity contribution >= 4 is 43.5 Å². The Morgan fingerprint density at radius 3 is 2.43 bits per heavy atom. The van der Waals surface area contributed by atoms with Gasteiger partial charge in [0, 0.05) is 20.7 Å². The van der Waals surface area contributed by atoms with Crippen molar-refractivity contribution in [2.75, 3.05) is 11.9 Å². The molecule has 0 saturated heterocycles. The molecule has 5 heteroatoms. The van der Waals surface area contributed by atoms with E-state index in [1.165, 1.54) is 0 Å². The van der Waals surface area contributed by atoms with Crippen molar-refractivity contribution in [3.8, 4) is 0 Å². The van der Waals surface area contributed by atoms with E-state index in [1.54, 1.807) is 0 Å². The summed E-state index contributed by atoms with van der Waals surface area (Å²) in [6, 6.07) is 15.7. The second-order valence-electron chi connectivity index (χ2n) is 4.72. The molecule has 1 amide bonds. The number of nitrogens with one attached hydrogen (secondary N) is 2. The molecule has 0 bridgehead atoms. The van der Waals surface area contributed by atoms with Gasteiger partial charge in [-0.15, -0.1) is 0 Å². The fourth-order valence-corrected chi connectivity index (χ4v) is 2.73. The quantitative estimate of drug-likeness (QED) is 0.760. The highest BCUT2D eigenvalue weighted by Crippen LogP contribution is 2.18. The highest BCUT2D eigenvalue weighted by Gasteiger charge is 2.08. The minimum atomic E-state index is -0.0602. The molecule has 1 atom stereocenters. The maximum atomic E-state index is 11.9. The summed E-state index contributed by atoms with van der Waals surface area (Å²) >= 11 is 6.83. The molecule has 2 rings (SSSR count). The predicted molar refractivity (Wildman–Crippen MR) is 93.3 cm³/mol. The van der Waals surface area contributed by atoms with Crippen molar-refractivity contribution in [3.63, 3.8) is 0 Å². The van der Waals surface area contributed by atoms with Gasteiger partial charge in [-0.2, -0.15) is 0 Å². The number of anilines is 1. The zero-order chi connectivity index (χ0) is 15.2. The van der Waals surface area contributed by atoms with Crippen molar-refractivity contribution < 1.29 is 4.79 Å². The van der Waals surface area contributed by atoms with Gasteiger partial charge in [0.2, 0.25) is 5.91 Å². The molecule has 21 heavy (non-hydrogen) atoms. The fourth-order valence-electron chi connectivity index (χ4n) is 1.91. The first kappa shape index (κ1) is 16.2. The van der Waals surface area contributed by atoms with Gasteiger partial charge in [-0.05, 0) is 42.8 Å². The Morgan fingerprint density at radius 1 is 1.10 bits per heavy atom. The molecule has 0 aromatic heterocycles. The van der Waals surface area contributed by atoms with Crippen LogP contribution in [0.15, 0.2) is 57.5 Å². The van der Waals surface area contributed by atoms with Gasteiger partial charge < -0.3 is 10.6 Å². The van der Waals surface area contributed by atoms with E-state index in [0.29, 0.717) is 0 Å². The molecule has 0 aliphatic heterocycles. The van der Waals surface area contributed by atoms with Gasteiger partial charge in [0.15, 0.2) is 0 Å². The lowest BCUT2D eigenvalue weighted by molar-refractivity contribution is -0.115. The number of hydrogen-bond acceptors (Lipinski definition) is 2. The van der Waals surface area contributed by atoms with Crippen LogP contribution in [0.25, 0.3) is 0 Å². The topological polar surface area (TPSA) is 41.1 Å². The van der Waals surface area contributed by atoms with Crippen LogP contribution in [0.3, 0.4) is 0 Å². The summed E-state index contributed by atoms with van der Waals surface area (Å²) in [6.45, 7) is 2.30. The second-order valence-corrected chi connectivity index (χ2v) is 6.55. The van der Waals surface area contributed by atoms with Crippen LogP contribution in [0.2, 0.25) is 0 Å². The standard InChI is InChI=1S/C16H16Br2N2O/c1-11(12-4-2-5-13(17)8-12)19-10-16(21)20-15-7-3-6-14(18)9-15/h2-9,11,19H,10H2,1H3,(H,20,21). The molecule has 0 saturated carbocycles. The summed E-state index contributed by atoms with van der Waals surface area (Å²) in [4.78, 5) is 11.9. The minimum Gasteiger partial charge on any atom is -0.325 e. The van der Waals surface area contributed by atoms with Crippen LogP contribution in [0.1, 0.15) is 18.5 Å². The minimum absolute atomic E-state index is 0.0602. The molecule has 1 unspecified atom stereocenters. The Bertz CT molecular complexity index is 631. The van der Waals surface area contributed by atoms with Crippen LogP contribution in [0.5, 0.6) is 0 Å². The van der Waals surface area contributed by atoms with Gasteiger partial charge >= 0.3 is 0 Å². The number of amides is 1. The van der Waals surface area contributed by atoms with E-state index < -0.39 is 0 Å². The first-order chi connectivity index (χ1) is 10.0. The number of carbonyl (C=O) groups is 1. The number of halogens is 2. The average Bonchev–Trinajstić information content (AvgIpc) is 2.45. The van der Waals surface area contributed by atoms with E-state index in [0.717, 1.165) is 20.2 Å². The summed E-state index contributed by atoms with van der Waals surface area (Å²) in [6.07, 6.45) is 0. The van der Waals surface area contributed by atoms with Crippen molar-refractivity contribution in [2.45, 2.75) is 13.0 Å². The van der Waals surface area contributed by atoms with E-state index in [-0.39, 0.29) is 18.5 Å². The molecule has 0 spiro atoms. The summed E-state index contributed by atoms with van der Waals surface area (Å²) in [5.74, 6) is -0.0602. The van der Waals surface area contributed by atoms with Gasteiger partial charge in [-0.1, -0.05) is 50.1 Å². The van der Waals surface area contributed by atoms with Crippen molar-refractivity contribution in [2.24, 2.45) is 0 Å². The SMILES string of the molecule is CC(NCC(=O)Nc1cccc(Br)c1)c1cccc(Br)c1. The normalized spacial score (nSPS) is 12.0. The molecule has 110 valence electrons. The maximum Gasteiger partial charge on any atom is 0.238 e. The summed E-state index contributed by atoms with van der Waals surface area (Å²) in [5.41, 5.74) is 1.92. The molecule has 0 fully saturated rings. The van der Waals surface area contributed by atoms with Gasteiger partial charge in [-0.3, -0.25) is 4.79 Å². The van der Waals surface area contributed by atoms with Crippen LogP contribution in [0, 0.1) is 0 Å². The zero-order valence-corrected chi connectivity index (χ0v) is 14.7. The van der Waals surface area contributed by atoms with E-state index >= 15 is 0 Å². The lowest BCUT2D eigenvalue weighted by atomic mass is 10.1. The third-order valence-electron chi connectivity index (χ3n) is 3.03. The summed E-state index contributed by atoms with van der Waals surface area (Å²) in [5, 5.41) is 6.08. The Balaban J connectivity index is 1.86. The van der Waals surface area contributed by atoms with E-state index in [1.807, 2.05) is 55.5 Å². The smallest absolute Gasteiger partial charge is 0.238 e. The van der Waals surface area contributed by atoms with Gasteiger partial charge in [0.1, 0.15) is 0 Å². The average molecular weight is 412 g/mol. The lowest BCUT2D eigenvalue weighted by Crippen LogP contribution is -2.30. The number of benzene rings is 2. The molecule has 0 aliphatic carbocycles. The van der Waals surface area contributed by atoms with Gasteiger partial charge in [-0.25, -0.2) is 0 Å². The van der Waals surface area contributed by atoms with Gasteiger partial charge in [0.05, 0.1) is 6.54 Å². The second kappa shape index (κ2) is 7.73. The predicted octanol–water partition coefficient (Wildman–Crippen LogP) is 4.50. The molecule has 2 N–H and O–H groups in total. The van der Waals surface area contributed by atoms with Gasteiger partial charge in [0.25, 0.3) is 0 Å². The Labute approximate surface area is 141 Å². The van der Waals surface area contributed by atoms with E-state index in [4.69, 9.17) is 0 Å². The zero-order valence-electron chi connectivity index (χ0n) is 11.6. The number of hydrogen-bond donors (Lipinski definition) is 2. The lowest BCUT2D eigenvalue weighted by Gasteiger charge is -2.14. The van der Waals surface area contributed by atoms with Crippen molar-refractivity contribution in [3.05, 3.63) is 63.0 Å².